The van der Waals surface area contributed by atoms with Crippen molar-refractivity contribution in [2.75, 3.05) is 6.54 Å². The Bertz CT molecular complexity index is 410. The van der Waals surface area contributed by atoms with Crippen molar-refractivity contribution in [3.63, 3.8) is 0 Å². The van der Waals surface area contributed by atoms with E-state index < -0.39 is 30.2 Å². The largest absolute Gasteiger partial charge is 0.481 e. The lowest BCUT2D eigenvalue weighted by Gasteiger charge is -2.22. The van der Waals surface area contributed by atoms with Gasteiger partial charge in [0.25, 0.3) is 0 Å². The molecule has 0 bridgehead atoms. The molecule has 24 heavy (non-hydrogen) atoms. The van der Waals surface area contributed by atoms with E-state index in [0.717, 1.165) is 12.8 Å². The number of hydrogen-bond donors (Lipinski definition) is 2. The lowest BCUT2D eigenvalue weighted by Crippen LogP contribution is -2.36. The van der Waals surface area contributed by atoms with E-state index in [0.29, 0.717) is 18.3 Å². The van der Waals surface area contributed by atoms with Crippen LogP contribution in [-0.4, -0.2) is 36.0 Å². The molecule has 0 aromatic heterocycles. The van der Waals surface area contributed by atoms with Crippen molar-refractivity contribution in [2.45, 2.75) is 66.6 Å². The van der Waals surface area contributed by atoms with Crippen molar-refractivity contribution in [3.05, 3.63) is 0 Å². The van der Waals surface area contributed by atoms with Crippen LogP contribution in [0.15, 0.2) is 0 Å². The van der Waals surface area contributed by atoms with E-state index in [2.05, 4.69) is 19.2 Å². The first-order valence-corrected chi connectivity index (χ1v) is 8.56. The van der Waals surface area contributed by atoms with Crippen LogP contribution in [-0.2, 0) is 19.1 Å². The highest BCUT2D eigenvalue weighted by atomic mass is 16.7. The molecule has 0 aromatic carbocycles. The van der Waals surface area contributed by atoms with Crippen LogP contribution < -0.4 is 5.32 Å². The summed E-state index contributed by atoms with van der Waals surface area (Å²) >= 11 is 0. The van der Waals surface area contributed by atoms with Crippen LogP contribution in [0, 0.1) is 17.8 Å². The van der Waals surface area contributed by atoms with Crippen molar-refractivity contribution in [2.24, 2.45) is 17.8 Å². The molecule has 140 valence electrons. The van der Waals surface area contributed by atoms with Crippen molar-refractivity contribution in [1.82, 2.24) is 5.32 Å². The summed E-state index contributed by atoms with van der Waals surface area (Å²) in [5.41, 5.74) is 0. The van der Waals surface area contributed by atoms with Gasteiger partial charge >= 0.3 is 18.0 Å². The Morgan fingerprint density at radius 3 is 2.12 bits per heavy atom. The minimum Gasteiger partial charge on any atom is -0.481 e. The number of carbonyl (C=O) groups is 3. The molecule has 0 radical (unpaired) electrons. The molecule has 0 aliphatic heterocycles. The molecular weight excluding hydrogens is 314 g/mol. The summed E-state index contributed by atoms with van der Waals surface area (Å²) in [4.78, 5) is 34.2. The SMILES string of the molecule is CCC(=O)O[C@H](C)OC(=O)NC[C@H](C[C@@H](CC)CC(C)C)C(=O)O. The first kappa shape index (κ1) is 22.2. The van der Waals surface area contributed by atoms with Crippen molar-refractivity contribution in [3.8, 4) is 0 Å². The summed E-state index contributed by atoms with van der Waals surface area (Å²) in [5.74, 6) is -1.29. The van der Waals surface area contributed by atoms with E-state index in [-0.39, 0.29) is 13.0 Å². The second-order valence-corrected chi connectivity index (χ2v) is 6.37. The molecule has 0 aromatic rings. The van der Waals surface area contributed by atoms with Gasteiger partial charge in [-0.15, -0.1) is 0 Å². The van der Waals surface area contributed by atoms with Crippen LogP contribution >= 0.6 is 0 Å². The second kappa shape index (κ2) is 11.7. The van der Waals surface area contributed by atoms with Crippen LogP contribution in [0.1, 0.15) is 60.3 Å². The van der Waals surface area contributed by atoms with Crippen LogP contribution in [0.4, 0.5) is 4.79 Å². The van der Waals surface area contributed by atoms with Crippen LogP contribution in [0.25, 0.3) is 0 Å². The van der Waals surface area contributed by atoms with E-state index in [1.807, 2.05) is 6.92 Å². The van der Waals surface area contributed by atoms with Gasteiger partial charge in [0.15, 0.2) is 0 Å². The molecule has 1 amide bonds. The topological polar surface area (TPSA) is 102 Å². The zero-order valence-corrected chi connectivity index (χ0v) is 15.3. The molecule has 0 fully saturated rings. The summed E-state index contributed by atoms with van der Waals surface area (Å²) < 4.78 is 9.67. The third-order valence-electron chi connectivity index (χ3n) is 3.70. The van der Waals surface area contributed by atoms with Gasteiger partial charge in [0.1, 0.15) is 0 Å². The number of alkyl carbamates (subject to hydrolysis) is 1. The zero-order valence-electron chi connectivity index (χ0n) is 15.3. The Morgan fingerprint density at radius 1 is 1.04 bits per heavy atom. The number of nitrogens with one attached hydrogen (secondary N) is 1. The van der Waals surface area contributed by atoms with Gasteiger partial charge in [0.05, 0.1) is 5.92 Å². The van der Waals surface area contributed by atoms with Crippen LogP contribution in [0.2, 0.25) is 0 Å². The van der Waals surface area contributed by atoms with Gasteiger partial charge in [0.2, 0.25) is 6.29 Å². The lowest BCUT2D eigenvalue weighted by molar-refractivity contribution is -0.164. The quantitative estimate of drug-likeness (QED) is 0.440. The third kappa shape index (κ3) is 10.1. The number of rotatable bonds is 11. The highest BCUT2D eigenvalue weighted by Crippen LogP contribution is 2.23. The molecular formula is C17H31NO6. The highest BCUT2D eigenvalue weighted by molar-refractivity contribution is 5.73. The third-order valence-corrected chi connectivity index (χ3v) is 3.70. The zero-order chi connectivity index (χ0) is 18.7. The molecule has 0 aliphatic carbocycles. The fourth-order valence-corrected chi connectivity index (χ4v) is 2.46. The maximum absolute atomic E-state index is 11.7. The number of aliphatic carboxylic acids is 1. The van der Waals surface area contributed by atoms with E-state index in [9.17, 15) is 19.5 Å². The molecule has 0 heterocycles. The van der Waals surface area contributed by atoms with Gasteiger partial charge < -0.3 is 19.9 Å². The second-order valence-electron chi connectivity index (χ2n) is 6.37. The van der Waals surface area contributed by atoms with Gasteiger partial charge in [-0.05, 0) is 24.7 Å². The first-order chi connectivity index (χ1) is 11.2. The van der Waals surface area contributed by atoms with Crippen LogP contribution in [0.5, 0.6) is 0 Å². The van der Waals surface area contributed by atoms with E-state index in [1.54, 1.807) is 6.92 Å². The van der Waals surface area contributed by atoms with Gasteiger partial charge in [-0.2, -0.15) is 0 Å². The van der Waals surface area contributed by atoms with Crippen LogP contribution in [0.3, 0.4) is 0 Å². The first-order valence-electron chi connectivity index (χ1n) is 8.56. The maximum atomic E-state index is 11.7. The average molecular weight is 345 g/mol. The molecule has 2 N–H and O–H groups in total. The molecule has 0 saturated carbocycles. The Kier molecular flexibility index (Phi) is 10.8. The number of amides is 1. The molecule has 0 aliphatic rings. The van der Waals surface area contributed by atoms with Gasteiger partial charge in [-0.25, -0.2) is 4.79 Å². The molecule has 0 unspecified atom stereocenters. The normalized spacial score (nSPS) is 14.6. The van der Waals surface area contributed by atoms with E-state index in [4.69, 9.17) is 9.47 Å². The van der Waals surface area contributed by atoms with Crippen molar-refractivity contribution in [1.29, 1.82) is 0 Å². The lowest BCUT2D eigenvalue weighted by atomic mass is 9.86. The smallest absolute Gasteiger partial charge is 0.410 e. The minimum atomic E-state index is -1.01. The molecule has 0 spiro atoms. The fraction of sp³-hybridized carbons (Fsp3) is 0.824. The Balaban J connectivity index is 4.40. The molecule has 7 heteroatoms. The minimum absolute atomic E-state index is 0.0167. The number of ether oxygens (including phenoxy) is 2. The molecule has 3 atom stereocenters. The molecule has 0 saturated heterocycles. The predicted molar refractivity (Wildman–Crippen MR) is 89.3 cm³/mol. The summed E-state index contributed by atoms with van der Waals surface area (Å²) in [6, 6.07) is 0. The summed E-state index contributed by atoms with van der Waals surface area (Å²) in [6.45, 7) is 9.29. The fourth-order valence-electron chi connectivity index (χ4n) is 2.46. The monoisotopic (exact) mass is 345 g/mol. The highest BCUT2D eigenvalue weighted by Gasteiger charge is 2.24. The molecule has 7 nitrogen and oxygen atoms in total. The van der Waals surface area contributed by atoms with Gasteiger partial charge in [0, 0.05) is 19.9 Å². The average Bonchev–Trinajstić information content (AvgIpc) is 2.48. The number of carboxylic acid groups (broad SMARTS) is 1. The Labute approximate surface area is 144 Å². The number of carbonyl (C=O) groups excluding carboxylic acids is 2. The maximum Gasteiger partial charge on any atom is 0.410 e. The van der Waals surface area contributed by atoms with Gasteiger partial charge in [-0.3, -0.25) is 9.59 Å². The summed E-state index contributed by atoms with van der Waals surface area (Å²) in [5, 5.41) is 11.8. The summed E-state index contributed by atoms with van der Waals surface area (Å²) in [7, 11) is 0. The summed E-state index contributed by atoms with van der Waals surface area (Å²) in [6.07, 6.45) is 0.736. The van der Waals surface area contributed by atoms with Crippen molar-refractivity contribution >= 4 is 18.0 Å². The van der Waals surface area contributed by atoms with E-state index >= 15 is 0 Å². The van der Waals surface area contributed by atoms with Crippen molar-refractivity contribution < 1.29 is 29.0 Å². The number of carboxylic acids is 1. The standard InChI is InChI=1S/C17H31NO6/c1-6-13(8-11(3)4)9-14(16(20)21)10-18-17(22)24-12(5)23-15(19)7-2/h11-14H,6-10H2,1-5H3,(H,18,22)(H,20,21)/t12-,13-,14-/m0/s1. The number of hydrogen-bond acceptors (Lipinski definition) is 5. The van der Waals surface area contributed by atoms with E-state index in [1.165, 1.54) is 6.92 Å². The predicted octanol–water partition coefficient (Wildman–Crippen LogP) is 3.18. The number of esters is 1. The Morgan fingerprint density at radius 2 is 1.67 bits per heavy atom. The molecule has 0 rings (SSSR count). The Hall–Kier alpha value is -1.79. The van der Waals surface area contributed by atoms with Gasteiger partial charge in [-0.1, -0.05) is 34.1 Å².